The molecule has 124 valence electrons. The van der Waals surface area contributed by atoms with Crippen LogP contribution in [0.2, 0.25) is 0 Å². The molecule has 1 aliphatic rings. The first-order chi connectivity index (χ1) is 10.2. The van der Waals surface area contributed by atoms with Crippen molar-refractivity contribution in [3.63, 3.8) is 0 Å². The average Bonchev–Trinajstić information content (AvgIpc) is 2.88. The Morgan fingerprint density at radius 2 is 1.77 bits per heavy atom. The van der Waals surface area contributed by atoms with Gasteiger partial charge in [-0.15, -0.1) is 0 Å². The molecular formula is C16H24O6. The molecule has 0 saturated carbocycles. The SMILES string of the molecule is CCC(C)(C)C(=O)OCC(=O)OCC(=O)OC1(C)C=CCC1. The molecule has 0 radical (unpaired) electrons. The van der Waals surface area contributed by atoms with Crippen molar-refractivity contribution < 1.29 is 28.6 Å². The zero-order valence-electron chi connectivity index (χ0n) is 13.6. The van der Waals surface area contributed by atoms with Gasteiger partial charge in [0.1, 0.15) is 5.60 Å². The van der Waals surface area contributed by atoms with E-state index in [0.717, 1.165) is 12.8 Å². The number of rotatable bonds is 7. The molecule has 0 bridgehead atoms. The lowest BCUT2D eigenvalue weighted by Crippen LogP contribution is -2.31. The Bertz CT molecular complexity index is 465. The summed E-state index contributed by atoms with van der Waals surface area (Å²) in [5.74, 6) is -1.87. The lowest BCUT2D eigenvalue weighted by atomic mass is 9.91. The number of hydrogen-bond acceptors (Lipinski definition) is 6. The second-order valence-corrected chi connectivity index (χ2v) is 6.20. The summed E-state index contributed by atoms with van der Waals surface area (Å²) >= 11 is 0. The monoisotopic (exact) mass is 312 g/mol. The summed E-state index contributed by atoms with van der Waals surface area (Å²) in [6.07, 6.45) is 5.93. The molecule has 22 heavy (non-hydrogen) atoms. The van der Waals surface area contributed by atoms with Crippen LogP contribution in [-0.2, 0) is 28.6 Å². The molecule has 0 aromatic rings. The number of esters is 3. The second kappa shape index (κ2) is 7.42. The third-order valence-corrected chi connectivity index (χ3v) is 3.73. The van der Waals surface area contributed by atoms with Crippen LogP contribution in [0.4, 0.5) is 0 Å². The predicted molar refractivity (Wildman–Crippen MR) is 78.9 cm³/mol. The van der Waals surface area contributed by atoms with E-state index in [1.807, 2.05) is 19.1 Å². The highest BCUT2D eigenvalue weighted by Gasteiger charge is 2.29. The molecule has 0 fully saturated rings. The highest BCUT2D eigenvalue weighted by Crippen LogP contribution is 2.26. The molecule has 0 heterocycles. The summed E-state index contributed by atoms with van der Waals surface area (Å²) in [5.41, 5.74) is -1.27. The summed E-state index contributed by atoms with van der Waals surface area (Å²) in [4.78, 5) is 34.8. The van der Waals surface area contributed by atoms with E-state index in [1.165, 1.54) is 0 Å². The number of carbonyl (C=O) groups is 3. The van der Waals surface area contributed by atoms with Gasteiger partial charge in [-0.2, -0.15) is 0 Å². The zero-order valence-corrected chi connectivity index (χ0v) is 13.6. The van der Waals surface area contributed by atoms with Crippen molar-refractivity contribution in [3.8, 4) is 0 Å². The van der Waals surface area contributed by atoms with Crippen LogP contribution in [0.1, 0.15) is 47.0 Å². The average molecular weight is 312 g/mol. The van der Waals surface area contributed by atoms with E-state index >= 15 is 0 Å². The molecule has 6 heteroatoms. The minimum absolute atomic E-state index is 0.474. The normalized spacial score (nSPS) is 20.5. The first-order valence-electron chi connectivity index (χ1n) is 7.41. The quantitative estimate of drug-likeness (QED) is 0.407. The van der Waals surface area contributed by atoms with Gasteiger partial charge in [0.15, 0.2) is 13.2 Å². The maximum Gasteiger partial charge on any atom is 0.345 e. The molecule has 0 aliphatic heterocycles. The van der Waals surface area contributed by atoms with Crippen molar-refractivity contribution in [2.45, 2.75) is 52.6 Å². The van der Waals surface area contributed by atoms with Crippen molar-refractivity contribution in [1.82, 2.24) is 0 Å². The molecule has 0 amide bonds. The van der Waals surface area contributed by atoms with Gasteiger partial charge in [-0.25, -0.2) is 9.59 Å². The second-order valence-electron chi connectivity index (χ2n) is 6.20. The molecular weight excluding hydrogens is 288 g/mol. The van der Waals surface area contributed by atoms with Gasteiger partial charge >= 0.3 is 17.9 Å². The molecule has 1 atom stereocenters. The summed E-state index contributed by atoms with van der Waals surface area (Å²) in [7, 11) is 0. The Kier molecular flexibility index (Phi) is 6.14. The van der Waals surface area contributed by atoms with E-state index in [4.69, 9.17) is 14.2 Å². The van der Waals surface area contributed by atoms with Gasteiger partial charge < -0.3 is 14.2 Å². The first kappa shape index (κ1) is 18.2. The van der Waals surface area contributed by atoms with E-state index in [-0.39, 0.29) is 0 Å². The topological polar surface area (TPSA) is 78.9 Å². The third-order valence-electron chi connectivity index (χ3n) is 3.73. The Labute approximate surface area is 130 Å². The summed E-state index contributed by atoms with van der Waals surface area (Å²) in [6, 6.07) is 0. The Morgan fingerprint density at radius 3 is 2.32 bits per heavy atom. The predicted octanol–water partition coefficient (Wildman–Crippen LogP) is 2.16. The van der Waals surface area contributed by atoms with Crippen LogP contribution in [0.25, 0.3) is 0 Å². The van der Waals surface area contributed by atoms with Crippen LogP contribution in [0.3, 0.4) is 0 Å². The van der Waals surface area contributed by atoms with Gasteiger partial charge in [0, 0.05) is 0 Å². The highest BCUT2D eigenvalue weighted by atomic mass is 16.6. The minimum atomic E-state index is -0.774. The van der Waals surface area contributed by atoms with Crippen LogP contribution in [0.15, 0.2) is 12.2 Å². The Hall–Kier alpha value is -1.85. The van der Waals surface area contributed by atoms with Gasteiger partial charge in [0.05, 0.1) is 5.41 Å². The number of hydrogen-bond donors (Lipinski definition) is 0. The van der Waals surface area contributed by atoms with Crippen molar-refractivity contribution in [2.75, 3.05) is 13.2 Å². The van der Waals surface area contributed by atoms with Crippen LogP contribution >= 0.6 is 0 Å². The van der Waals surface area contributed by atoms with Gasteiger partial charge in [-0.3, -0.25) is 4.79 Å². The highest BCUT2D eigenvalue weighted by molar-refractivity contribution is 5.81. The zero-order chi connectivity index (χ0) is 16.8. The molecule has 1 aliphatic carbocycles. The van der Waals surface area contributed by atoms with E-state index in [0.29, 0.717) is 6.42 Å². The summed E-state index contributed by atoms with van der Waals surface area (Å²) in [5, 5.41) is 0. The minimum Gasteiger partial charge on any atom is -0.453 e. The van der Waals surface area contributed by atoms with E-state index in [2.05, 4.69) is 0 Å². The van der Waals surface area contributed by atoms with Crippen molar-refractivity contribution in [3.05, 3.63) is 12.2 Å². The van der Waals surface area contributed by atoms with Gasteiger partial charge in [-0.1, -0.05) is 13.0 Å². The van der Waals surface area contributed by atoms with E-state index in [1.54, 1.807) is 20.8 Å². The van der Waals surface area contributed by atoms with Gasteiger partial charge in [0.2, 0.25) is 0 Å². The standard InChI is InChI=1S/C16H24O6/c1-5-15(2,3)14(19)21-10-12(17)20-11-13(18)22-16(4)8-6-7-9-16/h6,8H,5,7,9-11H2,1-4H3. The van der Waals surface area contributed by atoms with Crippen LogP contribution < -0.4 is 0 Å². The maximum absolute atomic E-state index is 11.7. The summed E-state index contributed by atoms with van der Waals surface area (Å²) in [6.45, 7) is 6.11. The van der Waals surface area contributed by atoms with Gasteiger partial charge in [0.25, 0.3) is 0 Å². The fourth-order valence-electron chi connectivity index (χ4n) is 1.81. The molecule has 0 aromatic carbocycles. The van der Waals surface area contributed by atoms with E-state index in [9.17, 15) is 14.4 Å². The number of allylic oxidation sites excluding steroid dienone is 1. The van der Waals surface area contributed by atoms with E-state index < -0.39 is 42.1 Å². The number of carbonyl (C=O) groups excluding carboxylic acids is 3. The number of ether oxygens (including phenoxy) is 3. The molecule has 0 spiro atoms. The maximum atomic E-state index is 11.7. The first-order valence-corrected chi connectivity index (χ1v) is 7.41. The smallest absolute Gasteiger partial charge is 0.345 e. The lowest BCUT2D eigenvalue weighted by Gasteiger charge is -2.22. The molecule has 0 N–H and O–H groups in total. The Balaban J connectivity index is 2.27. The molecule has 0 aromatic heterocycles. The largest absolute Gasteiger partial charge is 0.453 e. The van der Waals surface area contributed by atoms with Crippen molar-refractivity contribution >= 4 is 17.9 Å². The third kappa shape index (κ3) is 5.50. The van der Waals surface area contributed by atoms with Crippen LogP contribution in [0, 0.1) is 5.41 Å². The molecule has 1 unspecified atom stereocenters. The molecule has 0 saturated heterocycles. The lowest BCUT2D eigenvalue weighted by molar-refractivity contribution is -0.171. The van der Waals surface area contributed by atoms with Crippen molar-refractivity contribution in [1.29, 1.82) is 0 Å². The van der Waals surface area contributed by atoms with Crippen LogP contribution in [-0.4, -0.2) is 36.7 Å². The van der Waals surface area contributed by atoms with Crippen LogP contribution in [0.5, 0.6) is 0 Å². The van der Waals surface area contributed by atoms with Gasteiger partial charge in [-0.05, 0) is 46.1 Å². The molecule has 6 nitrogen and oxygen atoms in total. The molecule has 1 rings (SSSR count). The summed E-state index contributed by atoms with van der Waals surface area (Å²) < 4.78 is 14.8. The fourth-order valence-corrected chi connectivity index (χ4v) is 1.81. The fraction of sp³-hybridized carbons (Fsp3) is 0.688. The van der Waals surface area contributed by atoms with Crippen molar-refractivity contribution in [2.24, 2.45) is 5.41 Å². The Morgan fingerprint density at radius 1 is 1.14 bits per heavy atom.